The smallest absolute Gasteiger partial charge is 0.251 e. The van der Waals surface area contributed by atoms with E-state index in [1.807, 2.05) is 13.8 Å². The molecule has 2 N–H and O–H groups in total. The number of nitrogens with two attached hydrogens (primary N) is 1. The average molecular weight is 268 g/mol. The third-order valence-corrected chi connectivity index (χ3v) is 1.98. The first-order chi connectivity index (χ1) is 9.11. The van der Waals surface area contributed by atoms with Crippen LogP contribution in [0.15, 0.2) is 37.6 Å². The van der Waals surface area contributed by atoms with Crippen molar-refractivity contribution in [3.63, 3.8) is 0 Å². The third-order valence-electron chi connectivity index (χ3n) is 1.98. The van der Waals surface area contributed by atoms with E-state index in [0.717, 1.165) is 0 Å². The Labute approximate surface area is 115 Å². The van der Waals surface area contributed by atoms with E-state index in [1.54, 1.807) is 6.08 Å². The van der Waals surface area contributed by atoms with E-state index in [1.165, 1.54) is 11.0 Å². The van der Waals surface area contributed by atoms with Gasteiger partial charge in [-0.25, -0.2) is 0 Å². The maximum Gasteiger partial charge on any atom is 0.251 e. The lowest BCUT2D eigenvalue weighted by Crippen LogP contribution is -2.28. The minimum absolute atomic E-state index is 0.0847. The Morgan fingerprint density at radius 2 is 1.89 bits per heavy atom. The van der Waals surface area contributed by atoms with Gasteiger partial charge in [-0.2, -0.15) is 0 Å². The topological polar surface area (TPSA) is 72.6 Å². The van der Waals surface area contributed by atoms with Gasteiger partial charge >= 0.3 is 0 Å². The van der Waals surface area contributed by atoms with Gasteiger partial charge in [0.25, 0.3) is 5.91 Å². The number of ether oxygens (including phenoxy) is 1. The molecule has 1 rings (SSSR count). The van der Waals surface area contributed by atoms with Crippen LogP contribution in [0.4, 0.5) is 0 Å². The highest BCUT2D eigenvalue weighted by Crippen LogP contribution is 2.11. The van der Waals surface area contributed by atoms with Crippen LogP contribution in [0.25, 0.3) is 0 Å². The quantitative estimate of drug-likeness (QED) is 0.587. The van der Waals surface area contributed by atoms with Crippen LogP contribution < -0.4 is 5.73 Å². The SMILES string of the molecule is C=C.C=C1C=CC(=O)N1CCOCCC(N)=O.CC. The molecule has 0 aromatic rings. The summed E-state index contributed by atoms with van der Waals surface area (Å²) < 4.78 is 5.14. The summed E-state index contributed by atoms with van der Waals surface area (Å²) in [5.74, 6) is -0.475. The molecule has 0 aliphatic carbocycles. The molecule has 5 heteroatoms. The number of hydrogen-bond acceptors (Lipinski definition) is 3. The third kappa shape index (κ3) is 8.79. The first kappa shape index (κ1) is 19.5. The number of allylic oxidation sites excluding steroid dienone is 1. The normalized spacial score (nSPS) is 12.4. The van der Waals surface area contributed by atoms with E-state index in [4.69, 9.17) is 10.5 Å². The molecule has 0 saturated heterocycles. The molecule has 0 fully saturated rings. The molecule has 0 spiro atoms. The van der Waals surface area contributed by atoms with Crippen molar-refractivity contribution in [2.75, 3.05) is 19.8 Å². The fourth-order valence-corrected chi connectivity index (χ4v) is 1.17. The fraction of sp³-hybridized carbons (Fsp3) is 0.429. The molecule has 0 unspecified atom stereocenters. The highest BCUT2D eigenvalue weighted by molar-refractivity contribution is 5.92. The Kier molecular flexibility index (Phi) is 12.9. The summed E-state index contributed by atoms with van der Waals surface area (Å²) in [5.41, 5.74) is 5.60. The number of carbonyl (C=O) groups is 2. The van der Waals surface area contributed by atoms with Crippen molar-refractivity contribution in [2.24, 2.45) is 5.73 Å². The van der Waals surface area contributed by atoms with Crippen molar-refractivity contribution in [2.45, 2.75) is 20.3 Å². The summed E-state index contributed by atoms with van der Waals surface area (Å²) in [5, 5.41) is 0. The van der Waals surface area contributed by atoms with E-state index in [2.05, 4.69) is 19.7 Å². The van der Waals surface area contributed by atoms with Crippen LogP contribution in [0.5, 0.6) is 0 Å². The zero-order valence-electron chi connectivity index (χ0n) is 11.9. The first-order valence-corrected chi connectivity index (χ1v) is 6.16. The van der Waals surface area contributed by atoms with Gasteiger partial charge in [-0.3, -0.25) is 9.59 Å². The molecule has 5 nitrogen and oxygen atoms in total. The number of nitrogens with zero attached hydrogens (tertiary/aromatic N) is 1. The molecular weight excluding hydrogens is 244 g/mol. The zero-order chi connectivity index (χ0) is 15.3. The molecule has 0 bridgehead atoms. The van der Waals surface area contributed by atoms with Crippen LogP contribution in [0, 0.1) is 0 Å². The number of primary amides is 1. The molecule has 0 atom stereocenters. The lowest BCUT2D eigenvalue weighted by Gasteiger charge is -2.16. The van der Waals surface area contributed by atoms with Gasteiger partial charge in [-0.1, -0.05) is 20.4 Å². The molecule has 1 heterocycles. The predicted octanol–water partition coefficient (Wildman–Crippen LogP) is 1.62. The highest BCUT2D eigenvalue weighted by atomic mass is 16.5. The second-order valence-corrected chi connectivity index (χ2v) is 3.14. The Balaban J connectivity index is 0. The molecule has 0 radical (unpaired) electrons. The lowest BCUT2D eigenvalue weighted by molar-refractivity contribution is -0.124. The summed E-state index contributed by atoms with van der Waals surface area (Å²) in [7, 11) is 0. The molecule has 0 aromatic carbocycles. The van der Waals surface area contributed by atoms with Crippen molar-refractivity contribution in [3.8, 4) is 0 Å². The van der Waals surface area contributed by atoms with Crippen molar-refractivity contribution in [1.82, 2.24) is 4.90 Å². The van der Waals surface area contributed by atoms with E-state index >= 15 is 0 Å². The van der Waals surface area contributed by atoms with Crippen LogP contribution in [0.3, 0.4) is 0 Å². The van der Waals surface area contributed by atoms with E-state index in [9.17, 15) is 9.59 Å². The van der Waals surface area contributed by atoms with Crippen LogP contribution >= 0.6 is 0 Å². The van der Waals surface area contributed by atoms with Crippen molar-refractivity contribution >= 4 is 11.8 Å². The second kappa shape index (κ2) is 12.6. The average Bonchev–Trinajstić information content (AvgIpc) is 2.74. The summed E-state index contributed by atoms with van der Waals surface area (Å²) in [4.78, 5) is 23.1. The Morgan fingerprint density at radius 1 is 1.32 bits per heavy atom. The molecular formula is C14H24N2O3. The van der Waals surface area contributed by atoms with Gasteiger partial charge in [-0.05, 0) is 6.08 Å². The first-order valence-electron chi connectivity index (χ1n) is 6.16. The number of hydrogen-bond donors (Lipinski definition) is 1. The summed E-state index contributed by atoms with van der Waals surface area (Å²) in [6.45, 7) is 14.8. The Bertz CT molecular complexity index is 307. The van der Waals surface area contributed by atoms with Crippen LogP contribution in [0.2, 0.25) is 0 Å². The maximum atomic E-state index is 11.2. The largest absolute Gasteiger partial charge is 0.379 e. The minimum atomic E-state index is -0.390. The van der Waals surface area contributed by atoms with Gasteiger partial charge in [0.15, 0.2) is 0 Å². The standard InChI is InChI=1S/C10H14N2O3.C2H6.C2H4/c1-8-2-3-10(14)12(8)5-7-15-6-4-9(11)13;2*1-2/h2-3H,1,4-7H2,(H2,11,13);1-2H3;1-2H2. The van der Waals surface area contributed by atoms with Gasteiger partial charge in [-0.15, -0.1) is 13.2 Å². The molecule has 0 aromatic heterocycles. The zero-order valence-corrected chi connectivity index (χ0v) is 11.9. The number of carbonyl (C=O) groups excluding carboxylic acids is 2. The van der Waals surface area contributed by atoms with Crippen molar-refractivity contribution in [1.29, 1.82) is 0 Å². The van der Waals surface area contributed by atoms with E-state index in [-0.39, 0.29) is 18.9 Å². The van der Waals surface area contributed by atoms with Crippen molar-refractivity contribution < 1.29 is 14.3 Å². The van der Waals surface area contributed by atoms with Crippen molar-refractivity contribution in [3.05, 3.63) is 37.6 Å². The van der Waals surface area contributed by atoms with Gasteiger partial charge in [0, 0.05) is 24.7 Å². The van der Waals surface area contributed by atoms with Gasteiger partial charge < -0.3 is 15.4 Å². The summed E-state index contributed by atoms with van der Waals surface area (Å²) in [6.07, 6.45) is 3.32. The van der Waals surface area contributed by atoms with Gasteiger partial charge in [0.2, 0.25) is 5.91 Å². The van der Waals surface area contributed by atoms with Gasteiger partial charge in [0.1, 0.15) is 0 Å². The monoisotopic (exact) mass is 268 g/mol. The van der Waals surface area contributed by atoms with E-state index < -0.39 is 5.91 Å². The molecule has 19 heavy (non-hydrogen) atoms. The Morgan fingerprint density at radius 3 is 2.32 bits per heavy atom. The Hall–Kier alpha value is -1.88. The van der Waals surface area contributed by atoms with Gasteiger partial charge in [0.05, 0.1) is 13.2 Å². The molecule has 0 saturated carbocycles. The number of amides is 2. The van der Waals surface area contributed by atoms with Crippen LogP contribution in [-0.2, 0) is 14.3 Å². The van der Waals surface area contributed by atoms with E-state index in [0.29, 0.717) is 18.8 Å². The minimum Gasteiger partial charge on any atom is -0.379 e. The summed E-state index contributed by atoms with van der Waals surface area (Å²) in [6, 6.07) is 0. The van der Waals surface area contributed by atoms with Crippen LogP contribution in [-0.4, -0.2) is 36.5 Å². The molecule has 2 amide bonds. The molecule has 1 aliphatic rings. The van der Waals surface area contributed by atoms with Crippen LogP contribution in [0.1, 0.15) is 20.3 Å². The number of rotatable bonds is 6. The highest BCUT2D eigenvalue weighted by Gasteiger charge is 2.17. The lowest BCUT2D eigenvalue weighted by atomic mass is 10.4. The molecule has 108 valence electrons. The summed E-state index contributed by atoms with van der Waals surface area (Å²) >= 11 is 0. The molecule has 1 aliphatic heterocycles. The maximum absolute atomic E-state index is 11.2. The predicted molar refractivity (Wildman–Crippen MR) is 77.2 cm³/mol. The second-order valence-electron chi connectivity index (χ2n) is 3.14. The fourth-order valence-electron chi connectivity index (χ4n) is 1.17.